The van der Waals surface area contributed by atoms with Crippen molar-refractivity contribution < 1.29 is 0 Å². The van der Waals surface area contributed by atoms with E-state index >= 15 is 0 Å². The van der Waals surface area contributed by atoms with Crippen LogP contribution in [0.4, 0.5) is 0 Å². The SMILES string of the molecule is CCNC1CCN(C(C)c2nccs2)CC1C. The summed E-state index contributed by atoms with van der Waals surface area (Å²) in [5, 5.41) is 6.91. The summed E-state index contributed by atoms with van der Waals surface area (Å²) in [6.07, 6.45) is 3.16. The predicted molar refractivity (Wildman–Crippen MR) is 73.3 cm³/mol. The van der Waals surface area contributed by atoms with Crippen LogP contribution in [0.2, 0.25) is 0 Å². The molecule has 4 heteroatoms. The summed E-state index contributed by atoms with van der Waals surface area (Å²) >= 11 is 1.77. The third kappa shape index (κ3) is 3.06. The van der Waals surface area contributed by atoms with E-state index in [1.807, 2.05) is 6.20 Å². The van der Waals surface area contributed by atoms with E-state index in [2.05, 4.69) is 41.4 Å². The average molecular weight is 253 g/mol. The van der Waals surface area contributed by atoms with Gasteiger partial charge in [0, 0.05) is 30.7 Å². The van der Waals surface area contributed by atoms with Gasteiger partial charge in [-0.05, 0) is 25.8 Å². The number of thiazole rings is 1. The third-order valence-electron chi connectivity index (χ3n) is 3.76. The second-order valence-electron chi connectivity index (χ2n) is 4.97. The van der Waals surface area contributed by atoms with E-state index in [4.69, 9.17) is 0 Å². The van der Waals surface area contributed by atoms with Crippen molar-refractivity contribution in [3.8, 4) is 0 Å². The minimum absolute atomic E-state index is 0.472. The highest BCUT2D eigenvalue weighted by Gasteiger charge is 2.28. The van der Waals surface area contributed by atoms with Crippen LogP contribution in [0.5, 0.6) is 0 Å². The molecule has 1 fully saturated rings. The molecule has 3 unspecified atom stereocenters. The van der Waals surface area contributed by atoms with E-state index < -0.39 is 0 Å². The molecule has 3 atom stereocenters. The van der Waals surface area contributed by atoms with Gasteiger partial charge >= 0.3 is 0 Å². The van der Waals surface area contributed by atoms with Crippen molar-refractivity contribution in [1.82, 2.24) is 15.2 Å². The molecule has 0 saturated carbocycles. The maximum Gasteiger partial charge on any atom is 0.109 e. The van der Waals surface area contributed by atoms with Crippen LogP contribution in [0.3, 0.4) is 0 Å². The zero-order valence-corrected chi connectivity index (χ0v) is 11.8. The van der Waals surface area contributed by atoms with Crippen molar-refractivity contribution in [2.24, 2.45) is 5.92 Å². The van der Waals surface area contributed by atoms with E-state index in [9.17, 15) is 0 Å². The molecule has 1 aromatic rings. The van der Waals surface area contributed by atoms with Crippen LogP contribution in [-0.2, 0) is 0 Å². The van der Waals surface area contributed by atoms with Crippen LogP contribution < -0.4 is 5.32 Å². The van der Waals surface area contributed by atoms with E-state index in [1.54, 1.807) is 11.3 Å². The number of hydrogen-bond donors (Lipinski definition) is 1. The first-order valence-corrected chi connectivity index (χ1v) is 7.47. The Bertz CT molecular complexity index is 325. The minimum Gasteiger partial charge on any atom is -0.314 e. The van der Waals surface area contributed by atoms with E-state index in [0.29, 0.717) is 12.1 Å². The Labute approximate surface area is 108 Å². The Morgan fingerprint density at radius 3 is 3.06 bits per heavy atom. The molecular weight excluding hydrogens is 230 g/mol. The summed E-state index contributed by atoms with van der Waals surface area (Å²) < 4.78 is 0. The Kier molecular flexibility index (Phi) is 4.54. The predicted octanol–water partition coefficient (Wildman–Crippen LogP) is 2.52. The molecule has 0 amide bonds. The molecule has 1 saturated heterocycles. The summed E-state index contributed by atoms with van der Waals surface area (Å²) in [5.41, 5.74) is 0. The lowest BCUT2D eigenvalue weighted by Gasteiger charge is -2.39. The molecule has 0 spiro atoms. The summed E-state index contributed by atoms with van der Waals surface area (Å²) in [5.74, 6) is 0.728. The fraction of sp³-hybridized carbons (Fsp3) is 0.769. The molecule has 17 heavy (non-hydrogen) atoms. The summed E-state index contributed by atoms with van der Waals surface area (Å²) in [6, 6.07) is 1.17. The van der Waals surface area contributed by atoms with Crippen LogP contribution in [-0.4, -0.2) is 35.6 Å². The Morgan fingerprint density at radius 1 is 1.65 bits per heavy atom. The van der Waals surface area contributed by atoms with Gasteiger partial charge in [-0.25, -0.2) is 4.98 Å². The standard InChI is InChI=1S/C13H23N3S/c1-4-14-12-5-7-16(9-10(12)2)11(3)13-15-6-8-17-13/h6,8,10-12,14H,4-5,7,9H2,1-3H3. The summed E-state index contributed by atoms with van der Waals surface area (Å²) in [4.78, 5) is 7.00. The third-order valence-corrected chi connectivity index (χ3v) is 4.71. The monoisotopic (exact) mass is 253 g/mol. The maximum atomic E-state index is 4.43. The molecule has 1 aliphatic heterocycles. The van der Waals surface area contributed by atoms with Gasteiger partial charge in [-0.15, -0.1) is 11.3 Å². The molecule has 2 rings (SSSR count). The largest absolute Gasteiger partial charge is 0.314 e. The van der Waals surface area contributed by atoms with Crippen LogP contribution in [0.15, 0.2) is 11.6 Å². The molecule has 1 aromatic heterocycles. The number of hydrogen-bond acceptors (Lipinski definition) is 4. The first-order valence-electron chi connectivity index (χ1n) is 6.59. The summed E-state index contributed by atoms with van der Waals surface area (Å²) in [7, 11) is 0. The zero-order chi connectivity index (χ0) is 12.3. The molecule has 0 bridgehead atoms. The molecule has 0 radical (unpaired) electrons. The van der Waals surface area contributed by atoms with Gasteiger partial charge in [-0.3, -0.25) is 4.90 Å². The Morgan fingerprint density at radius 2 is 2.47 bits per heavy atom. The quantitative estimate of drug-likeness (QED) is 0.894. The van der Waals surface area contributed by atoms with Crippen LogP contribution in [0, 0.1) is 5.92 Å². The molecule has 3 nitrogen and oxygen atoms in total. The fourth-order valence-electron chi connectivity index (χ4n) is 2.69. The van der Waals surface area contributed by atoms with Crippen molar-refractivity contribution in [2.45, 2.75) is 39.3 Å². The van der Waals surface area contributed by atoms with E-state index in [0.717, 1.165) is 12.5 Å². The van der Waals surface area contributed by atoms with Crippen molar-refractivity contribution in [1.29, 1.82) is 0 Å². The van der Waals surface area contributed by atoms with E-state index in [1.165, 1.54) is 24.5 Å². The number of aromatic nitrogens is 1. The second kappa shape index (κ2) is 5.94. The average Bonchev–Trinajstić information content (AvgIpc) is 2.84. The number of nitrogens with zero attached hydrogens (tertiary/aromatic N) is 2. The van der Waals surface area contributed by atoms with Crippen molar-refractivity contribution in [3.05, 3.63) is 16.6 Å². The lowest BCUT2D eigenvalue weighted by molar-refractivity contribution is 0.112. The molecule has 2 heterocycles. The number of nitrogens with one attached hydrogen (secondary N) is 1. The first kappa shape index (κ1) is 13.0. The minimum atomic E-state index is 0.472. The van der Waals surface area contributed by atoms with Gasteiger partial charge in [0.2, 0.25) is 0 Å². The first-order chi connectivity index (χ1) is 8.22. The molecule has 0 aliphatic carbocycles. The highest BCUT2D eigenvalue weighted by Crippen LogP contribution is 2.27. The smallest absolute Gasteiger partial charge is 0.109 e. The van der Waals surface area contributed by atoms with Crippen molar-refractivity contribution in [3.63, 3.8) is 0 Å². The molecular formula is C13H23N3S. The topological polar surface area (TPSA) is 28.2 Å². The number of piperidine rings is 1. The van der Waals surface area contributed by atoms with Gasteiger partial charge in [0.15, 0.2) is 0 Å². The molecule has 1 N–H and O–H groups in total. The van der Waals surface area contributed by atoms with Gasteiger partial charge < -0.3 is 5.32 Å². The second-order valence-corrected chi connectivity index (χ2v) is 5.90. The van der Waals surface area contributed by atoms with Gasteiger partial charge in [-0.2, -0.15) is 0 Å². The van der Waals surface area contributed by atoms with Gasteiger partial charge in [0.25, 0.3) is 0 Å². The molecule has 96 valence electrons. The molecule has 1 aliphatic rings. The lowest BCUT2D eigenvalue weighted by atomic mass is 9.93. The van der Waals surface area contributed by atoms with Gasteiger partial charge in [-0.1, -0.05) is 13.8 Å². The highest BCUT2D eigenvalue weighted by atomic mass is 32.1. The van der Waals surface area contributed by atoms with Crippen molar-refractivity contribution in [2.75, 3.05) is 19.6 Å². The Hall–Kier alpha value is -0.450. The highest BCUT2D eigenvalue weighted by molar-refractivity contribution is 7.09. The lowest BCUT2D eigenvalue weighted by Crippen LogP contribution is -2.48. The maximum absolute atomic E-state index is 4.43. The van der Waals surface area contributed by atoms with Gasteiger partial charge in [0.05, 0.1) is 6.04 Å². The van der Waals surface area contributed by atoms with Crippen molar-refractivity contribution >= 4 is 11.3 Å². The van der Waals surface area contributed by atoms with Crippen LogP contribution in [0.25, 0.3) is 0 Å². The zero-order valence-electron chi connectivity index (χ0n) is 11.0. The van der Waals surface area contributed by atoms with Crippen LogP contribution >= 0.6 is 11.3 Å². The molecule has 0 aromatic carbocycles. The number of rotatable bonds is 4. The summed E-state index contributed by atoms with van der Waals surface area (Å²) in [6.45, 7) is 10.3. The van der Waals surface area contributed by atoms with Crippen LogP contribution in [0.1, 0.15) is 38.2 Å². The van der Waals surface area contributed by atoms with Gasteiger partial charge in [0.1, 0.15) is 5.01 Å². The van der Waals surface area contributed by atoms with E-state index in [-0.39, 0.29) is 0 Å². The number of likely N-dealkylation sites (tertiary alicyclic amines) is 1. The Balaban J connectivity index is 1.93. The normalized spacial score (nSPS) is 28.2. The fourth-order valence-corrected chi connectivity index (χ4v) is 3.42.